The SMILES string of the molecule is Cc1cc(OCc2cncn2C)cc(=O)n1[C@H](C)c1ccc(C#CC2CC2)cc1. The number of rotatable bonds is 5. The van der Waals surface area contributed by atoms with Gasteiger partial charge in [0.25, 0.3) is 5.56 Å². The summed E-state index contributed by atoms with van der Waals surface area (Å²) in [5, 5.41) is 0. The van der Waals surface area contributed by atoms with Gasteiger partial charge in [0.2, 0.25) is 0 Å². The number of ether oxygens (including phenoxy) is 1. The van der Waals surface area contributed by atoms with Crippen LogP contribution in [0.25, 0.3) is 0 Å². The van der Waals surface area contributed by atoms with Crippen LogP contribution in [0.4, 0.5) is 0 Å². The Labute approximate surface area is 171 Å². The van der Waals surface area contributed by atoms with E-state index in [9.17, 15) is 4.79 Å². The molecular weight excluding hydrogens is 362 g/mol. The number of aryl methyl sites for hydroxylation is 2. The molecule has 1 saturated carbocycles. The molecule has 2 heterocycles. The fourth-order valence-electron chi connectivity index (χ4n) is 3.35. The summed E-state index contributed by atoms with van der Waals surface area (Å²) in [7, 11) is 1.92. The van der Waals surface area contributed by atoms with Crippen LogP contribution in [0.15, 0.2) is 53.7 Å². The molecule has 0 spiro atoms. The Bertz CT molecular complexity index is 1130. The quantitative estimate of drug-likeness (QED) is 0.625. The molecule has 0 radical (unpaired) electrons. The second kappa shape index (κ2) is 8.00. The molecule has 2 aromatic heterocycles. The zero-order valence-electron chi connectivity index (χ0n) is 17.1. The molecule has 1 aliphatic rings. The highest BCUT2D eigenvalue weighted by Gasteiger charge is 2.18. The number of nitrogens with zero attached hydrogens (tertiary/aromatic N) is 3. The van der Waals surface area contributed by atoms with Crippen molar-refractivity contribution >= 4 is 0 Å². The summed E-state index contributed by atoms with van der Waals surface area (Å²) in [5.74, 6) is 7.67. The van der Waals surface area contributed by atoms with Gasteiger partial charge < -0.3 is 13.9 Å². The Balaban J connectivity index is 1.50. The zero-order chi connectivity index (χ0) is 20.4. The molecule has 0 saturated heterocycles. The van der Waals surface area contributed by atoms with E-state index in [1.165, 1.54) is 12.8 Å². The van der Waals surface area contributed by atoms with Gasteiger partial charge in [0.1, 0.15) is 12.4 Å². The fraction of sp³-hybridized carbons (Fsp3) is 0.333. The summed E-state index contributed by atoms with van der Waals surface area (Å²) in [5.41, 5.74) is 3.84. The smallest absolute Gasteiger partial charge is 0.254 e. The van der Waals surface area contributed by atoms with Crippen LogP contribution in [0.3, 0.4) is 0 Å². The second-order valence-corrected chi connectivity index (χ2v) is 7.67. The third-order valence-electron chi connectivity index (χ3n) is 5.32. The van der Waals surface area contributed by atoms with Crippen molar-refractivity contribution in [3.8, 4) is 17.6 Å². The number of imidazole rings is 1. The molecule has 1 atom stereocenters. The van der Waals surface area contributed by atoms with Crippen molar-refractivity contribution in [1.29, 1.82) is 0 Å². The lowest BCUT2D eigenvalue weighted by Crippen LogP contribution is -2.25. The molecule has 0 bridgehead atoms. The van der Waals surface area contributed by atoms with Gasteiger partial charge in [-0.2, -0.15) is 0 Å². The summed E-state index contributed by atoms with van der Waals surface area (Å²) >= 11 is 0. The normalized spacial score (nSPS) is 14.2. The zero-order valence-corrected chi connectivity index (χ0v) is 17.1. The third kappa shape index (κ3) is 4.43. The van der Waals surface area contributed by atoms with Gasteiger partial charge in [-0.05, 0) is 50.5 Å². The van der Waals surface area contributed by atoms with Gasteiger partial charge in [-0.3, -0.25) is 4.79 Å². The number of pyridine rings is 1. The van der Waals surface area contributed by atoms with Crippen LogP contribution in [0, 0.1) is 24.7 Å². The van der Waals surface area contributed by atoms with E-state index in [1.54, 1.807) is 23.2 Å². The molecule has 1 fully saturated rings. The van der Waals surface area contributed by atoms with Crippen LogP contribution in [0.5, 0.6) is 5.75 Å². The predicted molar refractivity (Wildman–Crippen MR) is 113 cm³/mol. The summed E-state index contributed by atoms with van der Waals surface area (Å²) < 4.78 is 9.50. The average molecular weight is 387 g/mol. The molecule has 3 aromatic rings. The van der Waals surface area contributed by atoms with Gasteiger partial charge in [0.15, 0.2) is 0 Å². The second-order valence-electron chi connectivity index (χ2n) is 7.67. The van der Waals surface area contributed by atoms with E-state index in [0.29, 0.717) is 18.3 Å². The molecule has 0 N–H and O–H groups in total. The molecule has 0 unspecified atom stereocenters. The number of hydrogen-bond acceptors (Lipinski definition) is 3. The van der Waals surface area contributed by atoms with Crippen LogP contribution in [-0.4, -0.2) is 14.1 Å². The molecule has 0 amide bonds. The predicted octanol–water partition coefficient (Wildman–Crippen LogP) is 3.84. The van der Waals surface area contributed by atoms with Crippen LogP contribution in [-0.2, 0) is 13.7 Å². The number of benzene rings is 1. The van der Waals surface area contributed by atoms with E-state index in [2.05, 4.69) is 29.0 Å². The maximum atomic E-state index is 12.8. The van der Waals surface area contributed by atoms with E-state index in [4.69, 9.17) is 4.74 Å². The molecule has 4 rings (SSSR count). The van der Waals surface area contributed by atoms with Gasteiger partial charge in [-0.1, -0.05) is 24.0 Å². The molecule has 1 aliphatic carbocycles. The van der Waals surface area contributed by atoms with Crippen molar-refractivity contribution < 1.29 is 4.74 Å². The van der Waals surface area contributed by atoms with Gasteiger partial charge in [0.05, 0.1) is 24.3 Å². The van der Waals surface area contributed by atoms with E-state index >= 15 is 0 Å². The lowest BCUT2D eigenvalue weighted by atomic mass is 10.1. The standard InChI is InChI=1S/C24H25N3O2/c1-17-12-23(29-15-22-14-25-16-26(22)3)13-24(28)27(17)18(2)21-10-8-20(9-11-21)7-6-19-4-5-19/h8-14,16,18-19H,4-5,15H2,1-3H3/t18-/m1/s1. The maximum Gasteiger partial charge on any atom is 0.254 e. The van der Waals surface area contributed by atoms with Crippen molar-refractivity contribution in [1.82, 2.24) is 14.1 Å². The molecule has 5 nitrogen and oxygen atoms in total. The lowest BCUT2D eigenvalue weighted by molar-refractivity contribution is 0.295. The van der Waals surface area contributed by atoms with Crippen molar-refractivity contribution in [2.45, 2.75) is 39.3 Å². The van der Waals surface area contributed by atoms with E-state index in [1.807, 2.05) is 43.7 Å². The Kier molecular flexibility index (Phi) is 5.26. The van der Waals surface area contributed by atoms with Crippen molar-refractivity contribution in [2.75, 3.05) is 0 Å². The van der Waals surface area contributed by atoms with Gasteiger partial charge in [-0.25, -0.2) is 4.98 Å². The van der Waals surface area contributed by atoms with E-state index in [-0.39, 0.29) is 11.6 Å². The minimum atomic E-state index is -0.0740. The Hall–Kier alpha value is -3.26. The summed E-state index contributed by atoms with van der Waals surface area (Å²) in [4.78, 5) is 16.9. The summed E-state index contributed by atoms with van der Waals surface area (Å²) in [6, 6.07) is 11.6. The van der Waals surface area contributed by atoms with Crippen LogP contribution >= 0.6 is 0 Å². The van der Waals surface area contributed by atoms with Crippen LogP contribution in [0.1, 0.15) is 48.3 Å². The fourth-order valence-corrected chi connectivity index (χ4v) is 3.35. The third-order valence-corrected chi connectivity index (χ3v) is 5.32. The topological polar surface area (TPSA) is 49.1 Å². The van der Waals surface area contributed by atoms with Crippen molar-refractivity contribution in [3.63, 3.8) is 0 Å². The Morgan fingerprint density at radius 1 is 1.24 bits per heavy atom. The Morgan fingerprint density at radius 3 is 2.62 bits per heavy atom. The minimum Gasteiger partial charge on any atom is -0.487 e. The maximum absolute atomic E-state index is 12.8. The van der Waals surface area contributed by atoms with E-state index < -0.39 is 0 Å². The lowest BCUT2D eigenvalue weighted by Gasteiger charge is -2.19. The highest BCUT2D eigenvalue weighted by molar-refractivity contribution is 5.38. The van der Waals surface area contributed by atoms with Gasteiger partial charge >= 0.3 is 0 Å². The highest BCUT2D eigenvalue weighted by Crippen LogP contribution is 2.27. The van der Waals surface area contributed by atoms with Crippen molar-refractivity contribution in [2.24, 2.45) is 13.0 Å². The molecule has 0 aliphatic heterocycles. The van der Waals surface area contributed by atoms with Crippen molar-refractivity contribution in [3.05, 3.63) is 81.8 Å². The summed E-state index contributed by atoms with van der Waals surface area (Å²) in [6.07, 6.45) is 5.94. The summed E-state index contributed by atoms with van der Waals surface area (Å²) in [6.45, 7) is 4.35. The molecule has 29 heavy (non-hydrogen) atoms. The monoisotopic (exact) mass is 387 g/mol. The molecular formula is C24H25N3O2. The first-order valence-corrected chi connectivity index (χ1v) is 9.94. The van der Waals surface area contributed by atoms with Gasteiger partial charge in [0, 0.05) is 30.3 Å². The van der Waals surface area contributed by atoms with E-state index in [0.717, 1.165) is 22.5 Å². The largest absolute Gasteiger partial charge is 0.487 e. The first kappa shape index (κ1) is 19.1. The highest BCUT2D eigenvalue weighted by atomic mass is 16.5. The first-order chi connectivity index (χ1) is 14.0. The minimum absolute atomic E-state index is 0.0703. The Morgan fingerprint density at radius 2 is 2.00 bits per heavy atom. The number of hydrogen-bond donors (Lipinski definition) is 0. The molecule has 148 valence electrons. The van der Waals surface area contributed by atoms with Crippen LogP contribution < -0.4 is 10.3 Å². The van der Waals surface area contributed by atoms with Crippen LogP contribution in [0.2, 0.25) is 0 Å². The van der Waals surface area contributed by atoms with Gasteiger partial charge in [-0.15, -0.1) is 0 Å². The molecule has 5 heteroatoms. The first-order valence-electron chi connectivity index (χ1n) is 9.94. The number of aromatic nitrogens is 3. The average Bonchev–Trinajstić information content (AvgIpc) is 3.45. The molecule has 1 aromatic carbocycles.